The van der Waals surface area contributed by atoms with Crippen LogP contribution in [0.4, 0.5) is 0 Å². The van der Waals surface area contributed by atoms with Crippen molar-refractivity contribution in [3.63, 3.8) is 0 Å². The fraction of sp³-hybridized carbons (Fsp3) is 1.00. The van der Waals surface area contributed by atoms with E-state index in [1.165, 1.54) is 25.7 Å². The Morgan fingerprint density at radius 3 is 2.44 bits per heavy atom. The van der Waals surface area contributed by atoms with Gasteiger partial charge in [0.15, 0.2) is 5.79 Å². The monoisotopic (exact) mass is 353 g/mol. The second-order valence-corrected chi connectivity index (χ2v) is 9.42. The maximum atomic E-state index is 6.44. The molecule has 3 rings (SSSR count). The number of rotatable bonds is 6. The average molecular weight is 354 g/mol. The van der Waals surface area contributed by atoms with Crippen molar-refractivity contribution in [3.05, 3.63) is 0 Å². The van der Waals surface area contributed by atoms with Crippen LogP contribution < -0.4 is 0 Å². The topological polar surface area (TPSA) is 30.9 Å². The SMILES string of the molecule is CCN(CCC1COC2(CCC(C(C)(C)C)CC2)O1)CC1CCCO1. The summed E-state index contributed by atoms with van der Waals surface area (Å²) in [4.78, 5) is 2.51. The van der Waals surface area contributed by atoms with E-state index in [9.17, 15) is 0 Å². The van der Waals surface area contributed by atoms with Gasteiger partial charge in [-0.05, 0) is 50.0 Å². The zero-order valence-electron chi connectivity index (χ0n) is 16.9. The van der Waals surface area contributed by atoms with E-state index in [0.717, 1.165) is 58.0 Å². The fourth-order valence-electron chi connectivity index (χ4n) is 4.73. The summed E-state index contributed by atoms with van der Waals surface area (Å²) in [5.74, 6) is 0.532. The molecule has 2 unspecified atom stereocenters. The van der Waals surface area contributed by atoms with Gasteiger partial charge in [-0.2, -0.15) is 0 Å². The van der Waals surface area contributed by atoms with E-state index >= 15 is 0 Å². The number of hydrogen-bond donors (Lipinski definition) is 0. The lowest BCUT2D eigenvalue weighted by Gasteiger charge is -2.41. The largest absolute Gasteiger partial charge is 0.377 e. The summed E-state index contributed by atoms with van der Waals surface area (Å²) in [5.41, 5.74) is 0.406. The molecule has 1 aliphatic carbocycles. The standard InChI is InChI=1S/C21H39NO3/c1-5-22(15-18-7-6-14-23-18)13-10-19-16-24-21(25-19)11-8-17(9-12-21)20(2,3)4/h17-19H,5-16H2,1-4H3. The predicted octanol–water partition coefficient (Wildman–Crippen LogP) is 4.23. The minimum Gasteiger partial charge on any atom is -0.377 e. The van der Waals surface area contributed by atoms with Crippen LogP contribution in [0.5, 0.6) is 0 Å². The molecule has 0 aromatic rings. The van der Waals surface area contributed by atoms with E-state index in [2.05, 4.69) is 32.6 Å². The summed E-state index contributed by atoms with van der Waals surface area (Å²) in [5, 5.41) is 0. The molecule has 0 aromatic carbocycles. The second-order valence-electron chi connectivity index (χ2n) is 9.42. The molecule has 25 heavy (non-hydrogen) atoms. The highest BCUT2D eigenvalue weighted by molar-refractivity contribution is 4.89. The average Bonchev–Trinajstić information content (AvgIpc) is 3.21. The Kier molecular flexibility index (Phi) is 6.46. The summed E-state index contributed by atoms with van der Waals surface area (Å²) in [6.07, 6.45) is 8.83. The molecule has 4 nitrogen and oxygen atoms in total. The highest BCUT2D eigenvalue weighted by atomic mass is 16.7. The molecule has 0 aromatic heterocycles. The third-order valence-electron chi connectivity index (χ3n) is 6.59. The van der Waals surface area contributed by atoms with Gasteiger partial charge < -0.3 is 19.1 Å². The molecule has 1 spiro atoms. The van der Waals surface area contributed by atoms with Gasteiger partial charge in [-0.25, -0.2) is 0 Å². The molecule has 0 radical (unpaired) electrons. The zero-order valence-corrected chi connectivity index (χ0v) is 16.9. The normalized spacial score (nSPS) is 36.6. The van der Waals surface area contributed by atoms with Gasteiger partial charge in [0.2, 0.25) is 0 Å². The third-order valence-corrected chi connectivity index (χ3v) is 6.59. The Morgan fingerprint density at radius 2 is 1.84 bits per heavy atom. The number of likely N-dealkylation sites (N-methyl/N-ethyl adjacent to an activating group) is 1. The molecular weight excluding hydrogens is 314 g/mol. The summed E-state index contributed by atoms with van der Waals surface area (Å²) in [6.45, 7) is 14.3. The molecule has 3 aliphatic rings. The van der Waals surface area contributed by atoms with Crippen molar-refractivity contribution in [1.29, 1.82) is 0 Å². The third kappa shape index (κ3) is 5.18. The van der Waals surface area contributed by atoms with Crippen molar-refractivity contribution >= 4 is 0 Å². The van der Waals surface area contributed by atoms with Crippen LogP contribution in [0.2, 0.25) is 0 Å². The second kappa shape index (κ2) is 8.24. The van der Waals surface area contributed by atoms with Gasteiger partial charge in [-0.15, -0.1) is 0 Å². The van der Waals surface area contributed by atoms with E-state index in [1.54, 1.807) is 0 Å². The lowest BCUT2D eigenvalue weighted by molar-refractivity contribution is -0.197. The van der Waals surface area contributed by atoms with Crippen LogP contribution in [0, 0.1) is 11.3 Å². The van der Waals surface area contributed by atoms with E-state index in [0.29, 0.717) is 11.5 Å². The fourth-order valence-corrected chi connectivity index (χ4v) is 4.73. The van der Waals surface area contributed by atoms with Crippen molar-refractivity contribution in [2.24, 2.45) is 11.3 Å². The Bertz CT molecular complexity index is 406. The van der Waals surface area contributed by atoms with Crippen LogP contribution in [-0.4, -0.2) is 55.7 Å². The molecule has 146 valence electrons. The summed E-state index contributed by atoms with van der Waals surface area (Å²) in [7, 11) is 0. The zero-order chi connectivity index (χ0) is 17.9. The van der Waals surface area contributed by atoms with Crippen LogP contribution in [0.1, 0.15) is 72.6 Å². The molecule has 2 heterocycles. The van der Waals surface area contributed by atoms with Crippen molar-refractivity contribution in [2.75, 3.05) is 32.8 Å². The Balaban J connectivity index is 1.40. The smallest absolute Gasteiger partial charge is 0.168 e. The number of ether oxygens (including phenoxy) is 3. The molecule has 2 aliphatic heterocycles. The Labute approximate surface area is 154 Å². The molecule has 0 amide bonds. The van der Waals surface area contributed by atoms with Gasteiger partial charge in [0, 0.05) is 32.5 Å². The molecule has 0 bridgehead atoms. The van der Waals surface area contributed by atoms with Gasteiger partial charge in [0.1, 0.15) is 0 Å². The minimum atomic E-state index is -0.266. The first-order valence-electron chi connectivity index (χ1n) is 10.6. The maximum Gasteiger partial charge on any atom is 0.168 e. The summed E-state index contributed by atoms with van der Waals surface area (Å²) in [6, 6.07) is 0. The minimum absolute atomic E-state index is 0.266. The quantitative estimate of drug-likeness (QED) is 0.715. The van der Waals surface area contributed by atoms with Gasteiger partial charge in [0.05, 0.1) is 18.8 Å². The van der Waals surface area contributed by atoms with E-state index in [1.807, 2.05) is 0 Å². The van der Waals surface area contributed by atoms with Gasteiger partial charge >= 0.3 is 0 Å². The summed E-state index contributed by atoms with van der Waals surface area (Å²) < 4.78 is 18.4. The predicted molar refractivity (Wildman–Crippen MR) is 101 cm³/mol. The molecule has 3 fully saturated rings. The highest BCUT2D eigenvalue weighted by Crippen LogP contribution is 2.45. The van der Waals surface area contributed by atoms with Gasteiger partial charge in [-0.3, -0.25) is 0 Å². The first-order chi connectivity index (χ1) is 11.9. The maximum absolute atomic E-state index is 6.44. The number of hydrogen-bond acceptors (Lipinski definition) is 4. The molecule has 2 saturated heterocycles. The molecule has 2 atom stereocenters. The van der Waals surface area contributed by atoms with Crippen molar-refractivity contribution < 1.29 is 14.2 Å². The number of nitrogens with zero attached hydrogens (tertiary/aromatic N) is 1. The molecule has 1 saturated carbocycles. The summed E-state index contributed by atoms with van der Waals surface area (Å²) >= 11 is 0. The van der Waals surface area contributed by atoms with Crippen LogP contribution in [0.15, 0.2) is 0 Å². The van der Waals surface area contributed by atoms with Crippen LogP contribution >= 0.6 is 0 Å². The Morgan fingerprint density at radius 1 is 1.08 bits per heavy atom. The van der Waals surface area contributed by atoms with Crippen LogP contribution in [-0.2, 0) is 14.2 Å². The lowest BCUT2D eigenvalue weighted by atomic mass is 9.71. The van der Waals surface area contributed by atoms with E-state index in [4.69, 9.17) is 14.2 Å². The van der Waals surface area contributed by atoms with Gasteiger partial charge in [0.25, 0.3) is 0 Å². The Hall–Kier alpha value is -0.160. The van der Waals surface area contributed by atoms with Crippen LogP contribution in [0.25, 0.3) is 0 Å². The van der Waals surface area contributed by atoms with Crippen molar-refractivity contribution in [2.45, 2.75) is 90.6 Å². The molecule has 0 N–H and O–H groups in total. The van der Waals surface area contributed by atoms with Crippen molar-refractivity contribution in [1.82, 2.24) is 4.90 Å². The first kappa shape index (κ1) is 19.6. The first-order valence-corrected chi connectivity index (χ1v) is 10.6. The van der Waals surface area contributed by atoms with E-state index in [-0.39, 0.29) is 11.9 Å². The highest BCUT2D eigenvalue weighted by Gasteiger charge is 2.45. The van der Waals surface area contributed by atoms with E-state index < -0.39 is 0 Å². The van der Waals surface area contributed by atoms with Gasteiger partial charge in [-0.1, -0.05) is 27.7 Å². The van der Waals surface area contributed by atoms with Crippen LogP contribution in [0.3, 0.4) is 0 Å². The molecule has 4 heteroatoms. The molecular formula is C21H39NO3. The van der Waals surface area contributed by atoms with Crippen molar-refractivity contribution in [3.8, 4) is 0 Å². The lowest BCUT2D eigenvalue weighted by Crippen LogP contribution is -2.39.